The molecule has 0 unspecified atom stereocenters. The van der Waals surface area contributed by atoms with Gasteiger partial charge in [0.05, 0.1) is 0 Å². The molecule has 7 nitrogen and oxygen atoms in total. The SMILES string of the molecule is CC(C)(C(=O)O)C(=O)N1CCN(C(=O)OCc2ccccc2)CC1. The predicted molar refractivity (Wildman–Crippen MR) is 86.2 cm³/mol. The molecule has 0 atom stereocenters. The van der Waals surface area contributed by atoms with Crippen molar-refractivity contribution in [3.63, 3.8) is 0 Å². The topological polar surface area (TPSA) is 87.2 Å². The summed E-state index contributed by atoms with van der Waals surface area (Å²) in [5, 5.41) is 9.13. The van der Waals surface area contributed by atoms with E-state index in [1.165, 1.54) is 23.6 Å². The Hall–Kier alpha value is -2.57. The molecule has 0 aromatic heterocycles. The van der Waals surface area contributed by atoms with E-state index in [-0.39, 0.29) is 6.61 Å². The second kappa shape index (κ2) is 7.33. The molecule has 1 aliphatic rings. The van der Waals surface area contributed by atoms with Gasteiger partial charge >= 0.3 is 12.1 Å². The molecule has 24 heavy (non-hydrogen) atoms. The molecule has 2 amide bonds. The van der Waals surface area contributed by atoms with Crippen LogP contribution in [0.4, 0.5) is 4.79 Å². The normalized spacial score (nSPS) is 15.1. The summed E-state index contributed by atoms with van der Waals surface area (Å²) < 4.78 is 5.26. The number of ether oxygens (including phenoxy) is 1. The van der Waals surface area contributed by atoms with Gasteiger partial charge in [0.1, 0.15) is 12.0 Å². The number of hydrogen-bond donors (Lipinski definition) is 1. The summed E-state index contributed by atoms with van der Waals surface area (Å²) in [7, 11) is 0. The first-order chi connectivity index (χ1) is 11.3. The molecule has 1 aliphatic heterocycles. The second-order valence-electron chi connectivity index (χ2n) is 6.25. The molecule has 0 aliphatic carbocycles. The van der Waals surface area contributed by atoms with Gasteiger partial charge in [0.15, 0.2) is 0 Å². The summed E-state index contributed by atoms with van der Waals surface area (Å²) in [6.45, 7) is 4.23. The smallest absolute Gasteiger partial charge is 0.410 e. The summed E-state index contributed by atoms with van der Waals surface area (Å²) in [6.07, 6.45) is -0.427. The van der Waals surface area contributed by atoms with Crippen molar-refractivity contribution in [2.24, 2.45) is 5.41 Å². The fraction of sp³-hybridized carbons (Fsp3) is 0.471. The number of benzene rings is 1. The van der Waals surface area contributed by atoms with E-state index in [1.807, 2.05) is 30.3 Å². The minimum absolute atomic E-state index is 0.199. The highest BCUT2D eigenvalue weighted by molar-refractivity contribution is 6.01. The molecule has 0 saturated carbocycles. The highest BCUT2D eigenvalue weighted by Gasteiger charge is 2.40. The molecule has 130 valence electrons. The Morgan fingerprint density at radius 2 is 1.58 bits per heavy atom. The van der Waals surface area contributed by atoms with Crippen LogP contribution < -0.4 is 0 Å². The minimum Gasteiger partial charge on any atom is -0.480 e. The molecule has 0 bridgehead atoms. The van der Waals surface area contributed by atoms with Gasteiger partial charge in [-0.15, -0.1) is 0 Å². The number of carboxylic acids is 1. The summed E-state index contributed by atoms with van der Waals surface area (Å²) in [5.41, 5.74) is -0.557. The van der Waals surface area contributed by atoms with Gasteiger partial charge in [-0.2, -0.15) is 0 Å². The van der Waals surface area contributed by atoms with Crippen molar-refractivity contribution >= 4 is 18.0 Å². The number of piperazine rings is 1. The van der Waals surface area contributed by atoms with Crippen LogP contribution in [-0.2, 0) is 20.9 Å². The van der Waals surface area contributed by atoms with Crippen LogP contribution in [0.3, 0.4) is 0 Å². The largest absolute Gasteiger partial charge is 0.480 e. The van der Waals surface area contributed by atoms with Crippen LogP contribution in [0.5, 0.6) is 0 Å². The zero-order valence-corrected chi connectivity index (χ0v) is 13.9. The van der Waals surface area contributed by atoms with Crippen molar-refractivity contribution in [3.8, 4) is 0 Å². The molecule has 1 N–H and O–H groups in total. The number of hydrogen-bond acceptors (Lipinski definition) is 4. The molecule has 1 aromatic rings. The third kappa shape index (κ3) is 4.04. The maximum absolute atomic E-state index is 12.3. The summed E-state index contributed by atoms with van der Waals surface area (Å²) >= 11 is 0. The van der Waals surface area contributed by atoms with Gasteiger partial charge in [-0.25, -0.2) is 4.79 Å². The fourth-order valence-corrected chi connectivity index (χ4v) is 2.39. The van der Waals surface area contributed by atoms with Crippen molar-refractivity contribution < 1.29 is 24.2 Å². The van der Waals surface area contributed by atoms with Crippen molar-refractivity contribution in [2.75, 3.05) is 26.2 Å². The lowest BCUT2D eigenvalue weighted by Crippen LogP contribution is -2.54. The van der Waals surface area contributed by atoms with Gasteiger partial charge in [-0.05, 0) is 19.4 Å². The van der Waals surface area contributed by atoms with Crippen LogP contribution in [0.2, 0.25) is 0 Å². The number of carbonyl (C=O) groups excluding carboxylic acids is 2. The first kappa shape index (κ1) is 17.8. The van der Waals surface area contributed by atoms with Crippen LogP contribution in [0.25, 0.3) is 0 Å². The van der Waals surface area contributed by atoms with E-state index >= 15 is 0 Å². The van der Waals surface area contributed by atoms with E-state index in [9.17, 15) is 14.4 Å². The average Bonchev–Trinajstić information content (AvgIpc) is 2.60. The zero-order chi connectivity index (χ0) is 17.7. The zero-order valence-electron chi connectivity index (χ0n) is 13.9. The Labute approximate surface area is 140 Å². The molecule has 1 heterocycles. The number of rotatable bonds is 4. The van der Waals surface area contributed by atoms with Crippen LogP contribution in [0.1, 0.15) is 19.4 Å². The van der Waals surface area contributed by atoms with Crippen LogP contribution in [0, 0.1) is 5.41 Å². The van der Waals surface area contributed by atoms with Crippen molar-refractivity contribution in [1.82, 2.24) is 9.80 Å². The molecule has 1 saturated heterocycles. The Balaban J connectivity index is 1.83. The van der Waals surface area contributed by atoms with Crippen molar-refractivity contribution in [2.45, 2.75) is 20.5 Å². The summed E-state index contributed by atoms with van der Waals surface area (Å²) in [5.74, 6) is -1.59. The predicted octanol–water partition coefficient (Wildman–Crippen LogP) is 1.58. The molecule has 2 rings (SSSR count). The monoisotopic (exact) mass is 334 g/mol. The van der Waals surface area contributed by atoms with E-state index in [0.29, 0.717) is 26.2 Å². The highest BCUT2D eigenvalue weighted by atomic mass is 16.6. The second-order valence-corrected chi connectivity index (χ2v) is 6.25. The van der Waals surface area contributed by atoms with Gasteiger partial charge in [0.25, 0.3) is 0 Å². The third-order valence-corrected chi connectivity index (χ3v) is 4.10. The van der Waals surface area contributed by atoms with E-state index < -0.39 is 23.4 Å². The maximum atomic E-state index is 12.3. The molecular weight excluding hydrogens is 312 g/mol. The lowest BCUT2D eigenvalue weighted by Gasteiger charge is -2.36. The third-order valence-electron chi connectivity index (χ3n) is 4.10. The van der Waals surface area contributed by atoms with Gasteiger partial charge in [0.2, 0.25) is 5.91 Å². The Morgan fingerprint density at radius 1 is 1.04 bits per heavy atom. The standard InChI is InChI=1S/C17H22N2O5/c1-17(2,15(21)22)14(20)18-8-10-19(11-9-18)16(23)24-12-13-6-4-3-5-7-13/h3-7H,8-12H2,1-2H3,(H,21,22). The maximum Gasteiger partial charge on any atom is 0.410 e. The van der Waals surface area contributed by atoms with E-state index in [0.717, 1.165) is 5.56 Å². The number of aliphatic carboxylic acids is 1. The van der Waals surface area contributed by atoms with Gasteiger partial charge in [-0.1, -0.05) is 30.3 Å². The van der Waals surface area contributed by atoms with E-state index in [1.54, 1.807) is 0 Å². The molecule has 0 spiro atoms. The first-order valence-corrected chi connectivity index (χ1v) is 7.81. The van der Waals surface area contributed by atoms with Crippen LogP contribution >= 0.6 is 0 Å². The molecular formula is C17H22N2O5. The molecule has 7 heteroatoms. The highest BCUT2D eigenvalue weighted by Crippen LogP contribution is 2.20. The molecule has 1 aromatic carbocycles. The number of carbonyl (C=O) groups is 3. The van der Waals surface area contributed by atoms with Crippen LogP contribution in [0.15, 0.2) is 30.3 Å². The lowest BCUT2D eigenvalue weighted by atomic mass is 9.91. The molecule has 0 radical (unpaired) electrons. The van der Waals surface area contributed by atoms with Gasteiger partial charge in [-0.3, -0.25) is 9.59 Å². The Morgan fingerprint density at radius 3 is 2.12 bits per heavy atom. The average molecular weight is 334 g/mol. The Kier molecular flexibility index (Phi) is 5.43. The summed E-state index contributed by atoms with van der Waals surface area (Å²) in [6, 6.07) is 9.38. The van der Waals surface area contributed by atoms with Crippen molar-refractivity contribution in [1.29, 1.82) is 0 Å². The van der Waals surface area contributed by atoms with E-state index in [4.69, 9.17) is 9.84 Å². The van der Waals surface area contributed by atoms with Gasteiger partial charge < -0.3 is 19.6 Å². The Bertz CT molecular complexity index is 607. The minimum atomic E-state index is -1.46. The van der Waals surface area contributed by atoms with Crippen molar-refractivity contribution in [3.05, 3.63) is 35.9 Å². The summed E-state index contributed by atoms with van der Waals surface area (Å²) in [4.78, 5) is 38.5. The number of amides is 2. The van der Waals surface area contributed by atoms with Gasteiger partial charge in [0, 0.05) is 26.2 Å². The quantitative estimate of drug-likeness (QED) is 0.845. The first-order valence-electron chi connectivity index (χ1n) is 7.81. The lowest BCUT2D eigenvalue weighted by molar-refractivity contribution is -0.159. The van der Waals surface area contributed by atoms with Crippen LogP contribution in [-0.4, -0.2) is 59.1 Å². The number of nitrogens with zero attached hydrogens (tertiary/aromatic N) is 2. The number of carboxylic acid groups (broad SMARTS) is 1. The molecule has 1 fully saturated rings. The van der Waals surface area contributed by atoms with E-state index in [2.05, 4.69) is 0 Å². The fourth-order valence-electron chi connectivity index (χ4n) is 2.39.